The maximum absolute atomic E-state index is 12.0. The van der Waals surface area contributed by atoms with Crippen LogP contribution in [-0.2, 0) is 0 Å². The highest BCUT2D eigenvalue weighted by atomic mass is 79.9. The van der Waals surface area contributed by atoms with Crippen molar-refractivity contribution in [1.29, 1.82) is 0 Å². The van der Waals surface area contributed by atoms with Crippen molar-refractivity contribution in [1.82, 2.24) is 10.9 Å². The van der Waals surface area contributed by atoms with Crippen LogP contribution < -0.4 is 10.9 Å². The molecule has 1 atom stereocenters. The summed E-state index contributed by atoms with van der Waals surface area (Å²) in [6.07, 6.45) is 5.58. The zero-order chi connectivity index (χ0) is 13.0. The van der Waals surface area contributed by atoms with Crippen LogP contribution in [0.3, 0.4) is 0 Å². The second-order valence-electron chi connectivity index (χ2n) is 4.62. The Kier molecular flexibility index (Phi) is 4.42. The van der Waals surface area contributed by atoms with E-state index in [4.69, 9.17) is 0 Å². The number of halogens is 1. The Morgan fingerprint density at radius 1 is 1.39 bits per heavy atom. The van der Waals surface area contributed by atoms with Gasteiger partial charge < -0.3 is 5.43 Å². The molecule has 1 aliphatic rings. The molecule has 0 saturated carbocycles. The van der Waals surface area contributed by atoms with Gasteiger partial charge in [0.25, 0.3) is 5.91 Å². The van der Waals surface area contributed by atoms with Crippen molar-refractivity contribution in [2.75, 3.05) is 0 Å². The number of hydrogen-bond donors (Lipinski definition) is 2. The molecule has 0 saturated heterocycles. The summed E-state index contributed by atoms with van der Waals surface area (Å²) in [5.41, 5.74) is 7.50. The minimum Gasteiger partial charge on any atom is -0.303 e. The fraction of sp³-hybridized carbons (Fsp3) is 0.357. The van der Waals surface area contributed by atoms with E-state index in [0.717, 1.165) is 16.6 Å². The molecular weight excluding hydrogens is 292 g/mol. The third kappa shape index (κ3) is 3.35. The molecule has 0 spiro atoms. The van der Waals surface area contributed by atoms with Gasteiger partial charge in [-0.2, -0.15) is 0 Å². The van der Waals surface area contributed by atoms with Crippen LogP contribution in [0.25, 0.3) is 0 Å². The van der Waals surface area contributed by atoms with E-state index in [0.29, 0.717) is 11.5 Å². The first-order valence-electron chi connectivity index (χ1n) is 6.18. The van der Waals surface area contributed by atoms with Gasteiger partial charge in [-0.15, -0.1) is 0 Å². The topological polar surface area (TPSA) is 41.1 Å². The Hall–Kier alpha value is -1.29. The number of rotatable bonds is 3. The lowest BCUT2D eigenvalue weighted by Gasteiger charge is -2.19. The highest BCUT2D eigenvalue weighted by Gasteiger charge is 2.12. The average Bonchev–Trinajstić information content (AvgIpc) is 2.37. The summed E-state index contributed by atoms with van der Waals surface area (Å²) in [5.74, 6) is 0.461. The Labute approximate surface area is 116 Å². The fourth-order valence-corrected chi connectivity index (χ4v) is 2.54. The first-order valence-corrected chi connectivity index (χ1v) is 6.97. The van der Waals surface area contributed by atoms with Crippen LogP contribution in [0.2, 0.25) is 0 Å². The minimum absolute atomic E-state index is 0.124. The monoisotopic (exact) mass is 308 g/mol. The van der Waals surface area contributed by atoms with Gasteiger partial charge in [0, 0.05) is 10.2 Å². The third-order valence-electron chi connectivity index (χ3n) is 3.05. The van der Waals surface area contributed by atoms with Gasteiger partial charge in [0.15, 0.2) is 0 Å². The molecule has 4 heteroatoms. The van der Waals surface area contributed by atoms with Crippen molar-refractivity contribution in [3.05, 3.63) is 46.1 Å². The molecule has 1 amide bonds. The molecule has 1 aromatic carbocycles. The molecule has 18 heavy (non-hydrogen) atoms. The van der Waals surface area contributed by atoms with Crippen molar-refractivity contribution in [3.8, 4) is 0 Å². The highest BCUT2D eigenvalue weighted by molar-refractivity contribution is 9.10. The minimum atomic E-state index is -0.124. The highest BCUT2D eigenvalue weighted by Crippen LogP contribution is 2.20. The largest absolute Gasteiger partial charge is 0.303 e. The van der Waals surface area contributed by atoms with E-state index in [1.165, 1.54) is 12.8 Å². The molecular formula is C14H17BrN2O. The van der Waals surface area contributed by atoms with Gasteiger partial charge in [-0.05, 0) is 53.2 Å². The fourth-order valence-electron chi connectivity index (χ4n) is 2.08. The van der Waals surface area contributed by atoms with Crippen LogP contribution in [0.15, 0.2) is 40.5 Å². The van der Waals surface area contributed by atoms with Crippen LogP contribution >= 0.6 is 15.9 Å². The first-order chi connectivity index (χ1) is 8.66. The molecule has 2 rings (SSSR count). The summed E-state index contributed by atoms with van der Waals surface area (Å²) < 4.78 is 0.801. The summed E-state index contributed by atoms with van der Waals surface area (Å²) in [7, 11) is 0. The van der Waals surface area contributed by atoms with Gasteiger partial charge in [-0.1, -0.05) is 25.1 Å². The van der Waals surface area contributed by atoms with Crippen molar-refractivity contribution >= 4 is 21.8 Å². The Bertz CT molecular complexity index is 471. The quantitative estimate of drug-likeness (QED) is 0.840. The predicted molar refractivity (Wildman–Crippen MR) is 75.8 cm³/mol. The molecule has 96 valence electrons. The smallest absolute Gasteiger partial charge is 0.270 e. The Morgan fingerprint density at radius 2 is 2.17 bits per heavy atom. The van der Waals surface area contributed by atoms with Crippen LogP contribution in [0.5, 0.6) is 0 Å². The van der Waals surface area contributed by atoms with Crippen molar-refractivity contribution < 1.29 is 4.79 Å². The van der Waals surface area contributed by atoms with Crippen molar-refractivity contribution in [2.45, 2.75) is 26.2 Å². The van der Waals surface area contributed by atoms with Gasteiger partial charge in [0.2, 0.25) is 0 Å². The van der Waals surface area contributed by atoms with Crippen LogP contribution in [0, 0.1) is 5.92 Å². The van der Waals surface area contributed by atoms with Crippen LogP contribution in [0.1, 0.15) is 36.5 Å². The number of benzene rings is 1. The summed E-state index contributed by atoms with van der Waals surface area (Å²) in [6.45, 7) is 2.19. The average molecular weight is 309 g/mol. The molecule has 0 fully saturated rings. The van der Waals surface area contributed by atoms with Crippen molar-refractivity contribution in [3.63, 3.8) is 0 Å². The Morgan fingerprint density at radius 3 is 2.89 bits per heavy atom. The summed E-state index contributed by atoms with van der Waals surface area (Å²) in [4.78, 5) is 12.0. The summed E-state index contributed by atoms with van der Waals surface area (Å²) in [5, 5.41) is 0. The van der Waals surface area contributed by atoms with Gasteiger partial charge in [-0.3, -0.25) is 10.2 Å². The second kappa shape index (κ2) is 6.05. The molecule has 2 N–H and O–H groups in total. The molecule has 3 nitrogen and oxygen atoms in total. The number of allylic oxidation sites excluding steroid dienone is 2. The van der Waals surface area contributed by atoms with Gasteiger partial charge in [0.05, 0.1) is 5.56 Å². The number of carbonyl (C=O) groups excluding carboxylic acids is 1. The molecule has 0 radical (unpaired) electrons. The number of hydrogen-bond acceptors (Lipinski definition) is 2. The molecule has 0 heterocycles. The number of hydrazine groups is 1. The maximum atomic E-state index is 12.0. The first kappa shape index (κ1) is 13.1. The molecule has 1 aromatic rings. The predicted octanol–water partition coefficient (Wildman–Crippen LogP) is 3.39. The lowest BCUT2D eigenvalue weighted by atomic mass is 9.96. The van der Waals surface area contributed by atoms with E-state index in [1.807, 2.05) is 18.2 Å². The van der Waals surface area contributed by atoms with E-state index in [9.17, 15) is 4.79 Å². The molecule has 0 unspecified atom stereocenters. The van der Waals surface area contributed by atoms with E-state index < -0.39 is 0 Å². The third-order valence-corrected chi connectivity index (χ3v) is 3.74. The zero-order valence-electron chi connectivity index (χ0n) is 10.4. The zero-order valence-corrected chi connectivity index (χ0v) is 12.0. The SMILES string of the molecule is C[C@H]1C=C(NNC(=O)c2ccccc2Br)CCC1. The Balaban J connectivity index is 1.95. The van der Waals surface area contributed by atoms with Crippen molar-refractivity contribution in [2.24, 2.45) is 5.92 Å². The molecule has 0 aliphatic heterocycles. The standard InChI is InChI=1S/C14H17BrN2O/c1-10-5-4-6-11(9-10)16-17-14(18)12-7-2-3-8-13(12)15/h2-3,7-10,16H,4-6H2,1H3,(H,17,18)/t10-/m1/s1. The molecule has 0 bridgehead atoms. The number of carbonyl (C=O) groups is 1. The van der Waals surface area contributed by atoms with Gasteiger partial charge in [0.1, 0.15) is 0 Å². The van der Waals surface area contributed by atoms with Gasteiger partial charge in [-0.25, -0.2) is 0 Å². The normalized spacial score (nSPS) is 19.0. The van der Waals surface area contributed by atoms with E-state index in [1.54, 1.807) is 6.07 Å². The molecule has 1 aliphatic carbocycles. The number of amides is 1. The lowest BCUT2D eigenvalue weighted by Crippen LogP contribution is -2.37. The second-order valence-corrected chi connectivity index (χ2v) is 5.47. The lowest BCUT2D eigenvalue weighted by molar-refractivity contribution is 0.0937. The van der Waals surface area contributed by atoms with E-state index >= 15 is 0 Å². The maximum Gasteiger partial charge on any atom is 0.270 e. The van der Waals surface area contributed by atoms with E-state index in [2.05, 4.69) is 39.8 Å². The van der Waals surface area contributed by atoms with Crippen LogP contribution in [0.4, 0.5) is 0 Å². The summed E-state index contributed by atoms with van der Waals surface area (Å²) >= 11 is 3.37. The number of nitrogens with one attached hydrogen (secondary N) is 2. The summed E-state index contributed by atoms with van der Waals surface area (Å²) in [6, 6.07) is 7.39. The van der Waals surface area contributed by atoms with E-state index in [-0.39, 0.29) is 5.91 Å². The van der Waals surface area contributed by atoms with Gasteiger partial charge >= 0.3 is 0 Å². The molecule has 0 aromatic heterocycles. The van der Waals surface area contributed by atoms with Crippen LogP contribution in [-0.4, -0.2) is 5.91 Å².